The van der Waals surface area contributed by atoms with Gasteiger partial charge in [-0.05, 0) is 39.0 Å². The second-order valence-corrected chi connectivity index (χ2v) is 6.19. The number of furan rings is 1. The fraction of sp³-hybridized carbons (Fsp3) is 0.333. The summed E-state index contributed by atoms with van der Waals surface area (Å²) in [4.78, 5) is 16.4. The van der Waals surface area contributed by atoms with E-state index >= 15 is 0 Å². The first-order valence-corrected chi connectivity index (χ1v) is 8.18. The van der Waals surface area contributed by atoms with Crippen molar-refractivity contribution in [2.75, 3.05) is 5.75 Å². The van der Waals surface area contributed by atoms with Crippen molar-refractivity contribution in [3.63, 3.8) is 0 Å². The molecule has 23 heavy (non-hydrogen) atoms. The van der Waals surface area contributed by atoms with Gasteiger partial charge in [-0.15, -0.1) is 10.2 Å². The first kappa shape index (κ1) is 15.5. The number of hydrogen-bond acceptors (Lipinski definition) is 6. The molecule has 3 aromatic rings. The van der Waals surface area contributed by atoms with Crippen molar-refractivity contribution in [2.45, 2.75) is 32.0 Å². The Kier molecular flexibility index (Phi) is 4.33. The zero-order chi connectivity index (χ0) is 16.4. The van der Waals surface area contributed by atoms with Crippen LogP contribution in [0.5, 0.6) is 0 Å². The number of carbonyl (C=O) groups is 1. The van der Waals surface area contributed by atoms with Gasteiger partial charge in [-0.3, -0.25) is 9.20 Å². The van der Waals surface area contributed by atoms with Crippen molar-refractivity contribution in [1.82, 2.24) is 24.9 Å². The third kappa shape index (κ3) is 3.37. The molecule has 7 nitrogen and oxygen atoms in total. The Bertz CT molecular complexity index is 828. The molecule has 3 aromatic heterocycles. The molecule has 3 heterocycles. The minimum Gasteiger partial charge on any atom is -0.467 e. The number of hydrogen-bond donors (Lipinski definition) is 1. The quantitative estimate of drug-likeness (QED) is 0.722. The van der Waals surface area contributed by atoms with Gasteiger partial charge in [0.2, 0.25) is 5.91 Å². The van der Waals surface area contributed by atoms with Crippen molar-refractivity contribution in [2.24, 2.45) is 0 Å². The molecule has 1 atom stereocenters. The molecule has 0 aliphatic heterocycles. The molecule has 0 aliphatic rings. The van der Waals surface area contributed by atoms with Crippen molar-refractivity contribution >= 4 is 23.4 Å². The molecule has 0 aromatic carbocycles. The second-order valence-electron chi connectivity index (χ2n) is 5.25. The summed E-state index contributed by atoms with van der Waals surface area (Å²) in [5.41, 5.74) is 1.88. The largest absolute Gasteiger partial charge is 0.467 e. The molecule has 1 N–H and O–H groups in total. The molecular weight excluding hydrogens is 314 g/mol. The number of rotatable bonds is 5. The van der Waals surface area contributed by atoms with Gasteiger partial charge in [0.15, 0.2) is 5.16 Å². The smallest absolute Gasteiger partial charge is 0.256 e. The number of aryl methyl sites for hydroxylation is 2. The van der Waals surface area contributed by atoms with Crippen LogP contribution in [0.25, 0.3) is 5.78 Å². The normalized spacial score (nSPS) is 12.5. The summed E-state index contributed by atoms with van der Waals surface area (Å²) in [6.07, 6.45) is 1.59. The van der Waals surface area contributed by atoms with Crippen LogP contribution in [0, 0.1) is 13.8 Å². The van der Waals surface area contributed by atoms with Crippen LogP contribution in [-0.4, -0.2) is 31.2 Å². The summed E-state index contributed by atoms with van der Waals surface area (Å²) in [6, 6.07) is 5.42. The van der Waals surface area contributed by atoms with Gasteiger partial charge in [-0.2, -0.15) is 0 Å². The Morgan fingerprint density at radius 2 is 2.26 bits per heavy atom. The van der Waals surface area contributed by atoms with Gasteiger partial charge in [0, 0.05) is 11.4 Å². The summed E-state index contributed by atoms with van der Waals surface area (Å²) in [5.74, 6) is 1.44. The lowest BCUT2D eigenvalue weighted by Gasteiger charge is -2.11. The first-order chi connectivity index (χ1) is 11.0. The summed E-state index contributed by atoms with van der Waals surface area (Å²) >= 11 is 1.33. The zero-order valence-electron chi connectivity index (χ0n) is 13.1. The number of fused-ring (bicyclic) bond motifs is 1. The van der Waals surface area contributed by atoms with Crippen LogP contribution < -0.4 is 5.32 Å². The van der Waals surface area contributed by atoms with E-state index in [0.717, 1.165) is 17.1 Å². The maximum Gasteiger partial charge on any atom is 0.256 e. The summed E-state index contributed by atoms with van der Waals surface area (Å²) in [6.45, 7) is 5.76. The van der Waals surface area contributed by atoms with Crippen LogP contribution in [-0.2, 0) is 4.79 Å². The Morgan fingerprint density at radius 1 is 1.43 bits per heavy atom. The van der Waals surface area contributed by atoms with Gasteiger partial charge in [0.25, 0.3) is 5.78 Å². The number of thioether (sulfide) groups is 1. The maximum absolute atomic E-state index is 12.1. The topological polar surface area (TPSA) is 85.3 Å². The van der Waals surface area contributed by atoms with Crippen LogP contribution >= 0.6 is 11.8 Å². The molecule has 3 rings (SSSR count). The number of carbonyl (C=O) groups excluding carboxylic acids is 1. The summed E-state index contributed by atoms with van der Waals surface area (Å²) < 4.78 is 7.12. The predicted molar refractivity (Wildman–Crippen MR) is 86.2 cm³/mol. The van der Waals surface area contributed by atoms with Gasteiger partial charge in [0.05, 0.1) is 18.1 Å². The number of nitrogens with one attached hydrogen (secondary N) is 1. The number of amides is 1. The van der Waals surface area contributed by atoms with E-state index in [1.54, 1.807) is 12.3 Å². The lowest BCUT2D eigenvalue weighted by Crippen LogP contribution is -2.28. The highest BCUT2D eigenvalue weighted by atomic mass is 32.2. The molecule has 0 unspecified atom stereocenters. The van der Waals surface area contributed by atoms with Crippen LogP contribution in [0.15, 0.2) is 34.0 Å². The van der Waals surface area contributed by atoms with E-state index in [4.69, 9.17) is 4.42 Å². The van der Waals surface area contributed by atoms with Crippen molar-refractivity contribution in [3.05, 3.63) is 41.6 Å². The van der Waals surface area contributed by atoms with E-state index in [2.05, 4.69) is 20.5 Å². The Hall–Kier alpha value is -2.35. The highest BCUT2D eigenvalue weighted by molar-refractivity contribution is 7.99. The molecule has 0 aliphatic carbocycles. The molecular formula is C15H17N5O2S. The van der Waals surface area contributed by atoms with E-state index in [1.807, 2.05) is 37.3 Å². The second kappa shape index (κ2) is 6.41. The average molecular weight is 331 g/mol. The van der Waals surface area contributed by atoms with Crippen LogP contribution in [0.1, 0.15) is 30.1 Å². The lowest BCUT2D eigenvalue weighted by molar-refractivity contribution is -0.119. The van der Waals surface area contributed by atoms with E-state index in [9.17, 15) is 4.79 Å². The van der Waals surface area contributed by atoms with E-state index in [-0.39, 0.29) is 17.7 Å². The van der Waals surface area contributed by atoms with Crippen molar-refractivity contribution < 1.29 is 9.21 Å². The SMILES string of the molecule is Cc1cc(C)n2c(SCC(=O)N[C@@H](C)c3ccco3)nnc2n1. The van der Waals surface area contributed by atoms with Gasteiger partial charge < -0.3 is 9.73 Å². The van der Waals surface area contributed by atoms with Crippen molar-refractivity contribution in [1.29, 1.82) is 0 Å². The van der Waals surface area contributed by atoms with Gasteiger partial charge in [-0.25, -0.2) is 4.98 Å². The fourth-order valence-electron chi connectivity index (χ4n) is 2.32. The minimum absolute atomic E-state index is 0.0895. The molecule has 0 saturated carbocycles. The highest BCUT2D eigenvalue weighted by Gasteiger charge is 2.15. The van der Waals surface area contributed by atoms with Gasteiger partial charge >= 0.3 is 0 Å². The third-order valence-corrected chi connectivity index (χ3v) is 4.27. The van der Waals surface area contributed by atoms with Gasteiger partial charge in [-0.1, -0.05) is 11.8 Å². The Morgan fingerprint density at radius 3 is 3.00 bits per heavy atom. The summed E-state index contributed by atoms with van der Waals surface area (Å²) in [5, 5.41) is 11.7. The molecule has 0 fully saturated rings. The monoisotopic (exact) mass is 331 g/mol. The lowest BCUT2D eigenvalue weighted by atomic mass is 10.2. The molecule has 0 bridgehead atoms. The standard InChI is InChI=1S/C15H17N5O2S/c1-9-7-10(2)20-14(16-9)18-19-15(20)23-8-13(21)17-11(3)12-5-4-6-22-12/h4-7,11H,8H2,1-3H3,(H,17,21)/t11-/m0/s1. The predicted octanol–water partition coefficient (Wildman–Crippen LogP) is 2.30. The molecule has 8 heteroatoms. The van der Waals surface area contributed by atoms with Crippen LogP contribution in [0.3, 0.4) is 0 Å². The summed E-state index contributed by atoms with van der Waals surface area (Å²) in [7, 11) is 0. The number of nitrogens with zero attached hydrogens (tertiary/aromatic N) is 4. The Labute approximate surface area is 137 Å². The van der Waals surface area contributed by atoms with E-state index in [1.165, 1.54) is 11.8 Å². The average Bonchev–Trinajstić information content (AvgIpc) is 3.14. The highest BCUT2D eigenvalue weighted by Crippen LogP contribution is 2.19. The minimum atomic E-state index is -0.167. The zero-order valence-corrected chi connectivity index (χ0v) is 13.9. The maximum atomic E-state index is 12.1. The molecule has 1 amide bonds. The first-order valence-electron chi connectivity index (χ1n) is 7.19. The van der Waals surface area contributed by atoms with E-state index in [0.29, 0.717) is 10.9 Å². The molecule has 120 valence electrons. The fourth-order valence-corrected chi connectivity index (χ4v) is 3.11. The molecule has 0 saturated heterocycles. The third-order valence-electron chi connectivity index (χ3n) is 3.34. The molecule has 0 radical (unpaired) electrons. The number of aromatic nitrogens is 4. The van der Waals surface area contributed by atoms with Crippen LogP contribution in [0.2, 0.25) is 0 Å². The Balaban J connectivity index is 1.65. The van der Waals surface area contributed by atoms with Crippen molar-refractivity contribution in [3.8, 4) is 0 Å². The molecule has 0 spiro atoms. The van der Waals surface area contributed by atoms with E-state index < -0.39 is 0 Å². The van der Waals surface area contributed by atoms with Crippen LogP contribution in [0.4, 0.5) is 0 Å². The van der Waals surface area contributed by atoms with Gasteiger partial charge in [0.1, 0.15) is 5.76 Å².